The van der Waals surface area contributed by atoms with Gasteiger partial charge in [0.05, 0.1) is 13.1 Å². The van der Waals surface area contributed by atoms with E-state index in [1.165, 1.54) is 4.90 Å². The van der Waals surface area contributed by atoms with Crippen molar-refractivity contribution >= 4 is 31.2 Å². The van der Waals surface area contributed by atoms with Gasteiger partial charge in [-0.15, -0.1) is 12.8 Å². The van der Waals surface area contributed by atoms with E-state index in [0.29, 0.717) is 17.1 Å². The molecule has 0 spiro atoms. The molecule has 0 aliphatic rings. The van der Waals surface area contributed by atoms with Gasteiger partial charge in [0.25, 0.3) is 5.91 Å². The quantitative estimate of drug-likeness (QED) is 0.629. The van der Waals surface area contributed by atoms with E-state index in [9.17, 15) is 4.79 Å². The van der Waals surface area contributed by atoms with Crippen LogP contribution in [0, 0.1) is 24.7 Å². The molecule has 1 amide bonds. The van der Waals surface area contributed by atoms with E-state index in [1.807, 2.05) is 18.2 Å². The van der Waals surface area contributed by atoms with E-state index < -0.39 is 0 Å². The summed E-state index contributed by atoms with van der Waals surface area (Å²) in [4.78, 5) is 13.8. The van der Waals surface area contributed by atoms with Crippen molar-refractivity contribution in [3.8, 4) is 24.7 Å². The number of rotatable bonds is 5. The summed E-state index contributed by atoms with van der Waals surface area (Å²) in [7, 11) is 0. The Morgan fingerprint density at radius 2 is 1.53 bits per heavy atom. The van der Waals surface area contributed by atoms with Crippen LogP contribution in [-0.2, 0) is 11.5 Å². The standard InChI is InChI=1S/C15H15NOS2/c1-3-5-16(6-4-2)15(17)14-8-12(10-18)7-13(9-14)11-19/h1-2,7-9,18-19H,5-6,10-11H2. The maximum atomic E-state index is 12.3. The number of hydrogen-bond donors (Lipinski definition) is 2. The van der Waals surface area contributed by atoms with Gasteiger partial charge in [0.15, 0.2) is 0 Å². The highest BCUT2D eigenvalue weighted by Crippen LogP contribution is 2.16. The Kier molecular flexibility index (Phi) is 6.42. The van der Waals surface area contributed by atoms with E-state index in [2.05, 4.69) is 37.1 Å². The zero-order valence-electron chi connectivity index (χ0n) is 10.5. The van der Waals surface area contributed by atoms with Gasteiger partial charge in [-0.1, -0.05) is 17.9 Å². The Bertz CT molecular complexity index is 502. The fraction of sp³-hybridized carbons (Fsp3) is 0.267. The third-order valence-corrected chi connectivity index (χ3v) is 3.25. The van der Waals surface area contributed by atoms with Crippen LogP contribution in [0.3, 0.4) is 0 Å². The number of carbonyl (C=O) groups excluding carboxylic acids is 1. The summed E-state index contributed by atoms with van der Waals surface area (Å²) in [5.41, 5.74) is 2.51. The lowest BCUT2D eigenvalue weighted by molar-refractivity contribution is 0.0796. The predicted octanol–water partition coefficient (Wildman–Crippen LogP) is 2.25. The molecule has 0 aliphatic carbocycles. The van der Waals surface area contributed by atoms with Crippen molar-refractivity contribution < 1.29 is 4.79 Å². The van der Waals surface area contributed by atoms with Gasteiger partial charge >= 0.3 is 0 Å². The number of amides is 1. The third kappa shape index (κ3) is 4.28. The summed E-state index contributed by atoms with van der Waals surface area (Å²) in [5.74, 6) is 5.84. The second-order valence-corrected chi connectivity index (χ2v) is 4.56. The van der Waals surface area contributed by atoms with Crippen molar-refractivity contribution in [3.05, 3.63) is 34.9 Å². The molecule has 98 valence electrons. The number of nitrogens with zero attached hydrogens (tertiary/aromatic N) is 1. The molecule has 1 aromatic carbocycles. The minimum absolute atomic E-state index is 0.164. The van der Waals surface area contributed by atoms with Crippen molar-refractivity contribution in [1.29, 1.82) is 0 Å². The molecule has 0 atom stereocenters. The molecule has 19 heavy (non-hydrogen) atoms. The summed E-state index contributed by atoms with van der Waals surface area (Å²) < 4.78 is 0. The Labute approximate surface area is 125 Å². The molecule has 0 saturated heterocycles. The molecule has 0 aromatic heterocycles. The molecule has 0 bridgehead atoms. The van der Waals surface area contributed by atoms with Gasteiger partial charge in [0, 0.05) is 17.1 Å². The molecule has 1 aromatic rings. The van der Waals surface area contributed by atoms with Crippen LogP contribution in [0.4, 0.5) is 0 Å². The van der Waals surface area contributed by atoms with Crippen molar-refractivity contribution in [2.24, 2.45) is 0 Å². The van der Waals surface area contributed by atoms with Crippen molar-refractivity contribution in [1.82, 2.24) is 4.90 Å². The molecule has 0 heterocycles. The van der Waals surface area contributed by atoms with Crippen LogP contribution in [-0.4, -0.2) is 23.9 Å². The third-order valence-electron chi connectivity index (χ3n) is 2.52. The molecule has 0 aliphatic heterocycles. The summed E-state index contributed by atoms with van der Waals surface area (Å²) in [5, 5.41) is 0. The Morgan fingerprint density at radius 3 is 1.89 bits per heavy atom. The van der Waals surface area contributed by atoms with Crippen LogP contribution in [0.1, 0.15) is 21.5 Å². The van der Waals surface area contributed by atoms with Crippen LogP contribution < -0.4 is 0 Å². The Balaban J connectivity index is 3.10. The molecular formula is C15H15NOS2. The maximum Gasteiger partial charge on any atom is 0.255 e. The van der Waals surface area contributed by atoms with Crippen LogP contribution in [0.2, 0.25) is 0 Å². The summed E-state index contributed by atoms with van der Waals surface area (Å²) in [6, 6.07) is 5.59. The molecule has 2 nitrogen and oxygen atoms in total. The van der Waals surface area contributed by atoms with Crippen LogP contribution in [0.15, 0.2) is 18.2 Å². The van der Waals surface area contributed by atoms with E-state index in [-0.39, 0.29) is 19.0 Å². The molecule has 1 rings (SSSR count). The summed E-state index contributed by atoms with van der Waals surface area (Å²) in [6.07, 6.45) is 10.5. The van der Waals surface area contributed by atoms with Gasteiger partial charge in [-0.05, 0) is 23.3 Å². The molecule has 4 heteroatoms. The molecule has 0 unspecified atom stereocenters. The minimum Gasteiger partial charge on any atom is -0.316 e. The molecule has 0 fully saturated rings. The number of benzene rings is 1. The number of thiol groups is 2. The fourth-order valence-electron chi connectivity index (χ4n) is 1.67. The lowest BCUT2D eigenvalue weighted by Gasteiger charge is -2.18. The lowest BCUT2D eigenvalue weighted by atomic mass is 10.1. The Morgan fingerprint density at radius 1 is 1.05 bits per heavy atom. The van der Waals surface area contributed by atoms with E-state index in [1.54, 1.807) is 0 Å². The second-order valence-electron chi connectivity index (χ2n) is 3.92. The zero-order valence-corrected chi connectivity index (χ0v) is 12.3. The fourth-order valence-corrected chi connectivity index (χ4v) is 2.04. The summed E-state index contributed by atoms with van der Waals surface area (Å²) in [6.45, 7) is 0.398. The second kappa shape index (κ2) is 7.84. The highest BCUT2D eigenvalue weighted by Gasteiger charge is 2.15. The van der Waals surface area contributed by atoms with Crippen molar-refractivity contribution in [2.75, 3.05) is 13.1 Å². The molecular weight excluding hydrogens is 274 g/mol. The normalized spacial score (nSPS) is 9.47. The first-order valence-electron chi connectivity index (χ1n) is 5.67. The van der Waals surface area contributed by atoms with E-state index >= 15 is 0 Å². The van der Waals surface area contributed by atoms with Gasteiger partial charge in [-0.3, -0.25) is 4.79 Å². The van der Waals surface area contributed by atoms with Crippen molar-refractivity contribution in [2.45, 2.75) is 11.5 Å². The number of carbonyl (C=O) groups is 1. The highest BCUT2D eigenvalue weighted by atomic mass is 32.1. The molecule has 0 N–H and O–H groups in total. The van der Waals surface area contributed by atoms with Gasteiger partial charge in [-0.2, -0.15) is 25.3 Å². The first-order chi connectivity index (χ1) is 9.15. The molecule has 0 radical (unpaired) electrons. The van der Waals surface area contributed by atoms with Gasteiger partial charge in [0.1, 0.15) is 0 Å². The molecule has 0 saturated carbocycles. The summed E-state index contributed by atoms with van der Waals surface area (Å²) >= 11 is 8.46. The lowest BCUT2D eigenvalue weighted by Crippen LogP contribution is -2.31. The monoisotopic (exact) mass is 289 g/mol. The van der Waals surface area contributed by atoms with Crippen LogP contribution in [0.5, 0.6) is 0 Å². The van der Waals surface area contributed by atoms with E-state index in [0.717, 1.165) is 11.1 Å². The Hall–Kier alpha value is -1.49. The SMILES string of the molecule is C#CCN(CC#C)C(=O)c1cc(CS)cc(CS)c1. The maximum absolute atomic E-state index is 12.3. The average molecular weight is 289 g/mol. The van der Waals surface area contributed by atoms with Gasteiger partial charge in [-0.25, -0.2) is 0 Å². The first kappa shape index (κ1) is 15.6. The van der Waals surface area contributed by atoms with Gasteiger partial charge < -0.3 is 4.90 Å². The first-order valence-corrected chi connectivity index (χ1v) is 6.93. The number of hydrogen-bond acceptors (Lipinski definition) is 3. The smallest absolute Gasteiger partial charge is 0.255 e. The largest absolute Gasteiger partial charge is 0.316 e. The number of terminal acetylenes is 2. The van der Waals surface area contributed by atoms with Crippen LogP contribution in [0.25, 0.3) is 0 Å². The van der Waals surface area contributed by atoms with Gasteiger partial charge in [0.2, 0.25) is 0 Å². The topological polar surface area (TPSA) is 20.3 Å². The van der Waals surface area contributed by atoms with Crippen molar-refractivity contribution in [3.63, 3.8) is 0 Å². The highest BCUT2D eigenvalue weighted by molar-refractivity contribution is 7.79. The zero-order chi connectivity index (χ0) is 14.3. The predicted molar refractivity (Wildman–Crippen MR) is 85.4 cm³/mol. The minimum atomic E-state index is -0.164. The average Bonchev–Trinajstić information content (AvgIpc) is 2.45. The van der Waals surface area contributed by atoms with E-state index in [4.69, 9.17) is 12.8 Å². The van der Waals surface area contributed by atoms with Crippen LogP contribution >= 0.6 is 25.3 Å².